The van der Waals surface area contributed by atoms with Crippen LogP contribution in [0, 0.1) is 6.92 Å². The van der Waals surface area contributed by atoms with Crippen molar-refractivity contribution in [1.29, 1.82) is 0 Å². The zero-order valence-electron chi connectivity index (χ0n) is 40.4. The van der Waals surface area contributed by atoms with Gasteiger partial charge in [0.25, 0.3) is 0 Å². The van der Waals surface area contributed by atoms with Crippen molar-refractivity contribution in [3.05, 3.63) is 92.1 Å². The first-order valence-corrected chi connectivity index (χ1v) is 27.6. The topological polar surface area (TPSA) is 180 Å². The molecule has 3 fully saturated rings. The van der Waals surface area contributed by atoms with E-state index >= 15 is 0 Å². The summed E-state index contributed by atoms with van der Waals surface area (Å²) in [5.41, 5.74) is 8.87. The van der Waals surface area contributed by atoms with Crippen LogP contribution in [0.1, 0.15) is 74.9 Å². The van der Waals surface area contributed by atoms with E-state index in [1.54, 1.807) is 19.5 Å². The second-order valence-electron chi connectivity index (χ2n) is 18.7. The Morgan fingerprint density at radius 1 is 0.899 bits per heavy atom. The number of halogens is 1. The number of pyridine rings is 1. The highest BCUT2D eigenvalue weighted by Crippen LogP contribution is 2.43. The molecule has 0 bridgehead atoms. The van der Waals surface area contributed by atoms with Gasteiger partial charge in [0.15, 0.2) is 5.58 Å². The molecule has 0 aliphatic carbocycles. The molecule has 0 spiro atoms. The maximum atomic E-state index is 13.8. The second-order valence-corrected chi connectivity index (χ2v) is 22.7. The lowest BCUT2D eigenvalue weighted by Gasteiger charge is -2.43. The van der Waals surface area contributed by atoms with E-state index in [1.165, 1.54) is 15.8 Å². The van der Waals surface area contributed by atoms with Gasteiger partial charge in [0.05, 0.1) is 33.5 Å². The van der Waals surface area contributed by atoms with E-state index in [9.17, 15) is 18.9 Å². The molecule has 1 atom stereocenters. The van der Waals surface area contributed by atoms with Crippen LogP contribution < -0.4 is 36.6 Å². The smallest absolute Gasteiger partial charge is 0.420 e. The first-order chi connectivity index (χ1) is 33.2. The van der Waals surface area contributed by atoms with Crippen molar-refractivity contribution in [3.63, 3.8) is 0 Å². The van der Waals surface area contributed by atoms with Crippen LogP contribution in [0.25, 0.3) is 22.0 Å². The van der Waals surface area contributed by atoms with E-state index in [2.05, 4.69) is 77.5 Å². The number of nitrogens with zero attached hydrogens (tertiary/aromatic N) is 7. The van der Waals surface area contributed by atoms with Gasteiger partial charge in [0, 0.05) is 98.2 Å². The number of anilines is 5. The molecule has 69 heavy (non-hydrogen) atoms. The van der Waals surface area contributed by atoms with E-state index < -0.39 is 24.8 Å². The van der Waals surface area contributed by atoms with E-state index in [0.29, 0.717) is 45.7 Å². The summed E-state index contributed by atoms with van der Waals surface area (Å²) in [6.45, 7) is 19.0. The first kappa shape index (κ1) is 48.4. The van der Waals surface area contributed by atoms with Crippen LogP contribution in [0.5, 0.6) is 5.75 Å². The number of aromatic nitrogens is 4. The van der Waals surface area contributed by atoms with Crippen molar-refractivity contribution < 1.29 is 23.3 Å². The molecule has 16 nitrogen and oxygen atoms in total. The molecule has 2 amide bonds. The van der Waals surface area contributed by atoms with Gasteiger partial charge in [-0.1, -0.05) is 26.0 Å². The number of hydrogen-bond acceptors (Lipinski definition) is 14. The van der Waals surface area contributed by atoms with E-state index in [4.69, 9.17) is 19.1 Å². The number of carbonyl (C=O) groups is 2. The summed E-state index contributed by atoms with van der Waals surface area (Å²) in [5.74, 6) is 0.314. The van der Waals surface area contributed by atoms with E-state index in [1.807, 2.05) is 50.2 Å². The van der Waals surface area contributed by atoms with E-state index in [-0.39, 0.29) is 18.7 Å². The number of ether oxygens (including phenoxy) is 1. The maximum Gasteiger partial charge on any atom is 0.420 e. The molecule has 0 saturated carbocycles. The van der Waals surface area contributed by atoms with Crippen molar-refractivity contribution in [2.45, 2.75) is 84.7 Å². The Hall–Kier alpha value is -5.61. The van der Waals surface area contributed by atoms with Crippen LogP contribution >= 0.6 is 23.1 Å². The SMILES string of the molecule is CCOc1cc(N2CCC(N3CCN(CCc4c(C)ccc5c4oc(=O)n5C4CCC(=O)NC4=O)CC3)CC2)c(CC)cc1Nc1ncc(Br)c(Nc2ccc3nc(CC)ccc3c2P(C)(C)=O)n1. The summed E-state index contributed by atoms with van der Waals surface area (Å²) >= 11 is 3.64. The third-order valence-corrected chi connectivity index (χ3v) is 16.1. The Morgan fingerprint density at radius 2 is 1.68 bits per heavy atom. The predicted octanol–water partition coefficient (Wildman–Crippen LogP) is 8.07. The average Bonchev–Trinajstić information content (AvgIpc) is 3.67. The Balaban J connectivity index is 0.831. The number of carbonyl (C=O) groups excluding carboxylic acids is 2. The van der Waals surface area contributed by atoms with Gasteiger partial charge in [-0.25, -0.2) is 9.78 Å². The summed E-state index contributed by atoms with van der Waals surface area (Å²) in [6, 6.07) is 15.8. The number of nitrogens with one attached hydrogen (secondary N) is 3. The summed E-state index contributed by atoms with van der Waals surface area (Å²) in [4.78, 5) is 59.5. The normalized spacial score (nSPS) is 17.7. The Morgan fingerprint density at radius 3 is 2.39 bits per heavy atom. The van der Waals surface area contributed by atoms with Crippen molar-refractivity contribution in [2.75, 3.05) is 81.3 Å². The Kier molecular flexibility index (Phi) is 14.3. The highest BCUT2D eigenvalue weighted by molar-refractivity contribution is 9.10. The van der Waals surface area contributed by atoms with Gasteiger partial charge in [0.1, 0.15) is 24.8 Å². The molecule has 364 valence electrons. The molecule has 3 aliphatic heterocycles. The largest absolute Gasteiger partial charge is 0.492 e. The minimum atomic E-state index is -2.75. The molecule has 1 unspecified atom stereocenters. The fourth-order valence-electron chi connectivity index (χ4n) is 10.3. The number of piperazine rings is 1. The number of rotatable bonds is 15. The maximum absolute atomic E-state index is 13.8. The molecule has 0 radical (unpaired) electrons. The fourth-order valence-corrected chi connectivity index (χ4v) is 12.1. The summed E-state index contributed by atoms with van der Waals surface area (Å²) in [5, 5.41) is 10.9. The minimum Gasteiger partial charge on any atom is -0.492 e. The number of imide groups is 1. The third kappa shape index (κ3) is 10.2. The molecular formula is C51H62BrN10O6P. The predicted molar refractivity (Wildman–Crippen MR) is 277 cm³/mol. The molecule has 3 saturated heterocycles. The molecule has 6 aromatic rings. The zero-order valence-corrected chi connectivity index (χ0v) is 42.8. The van der Waals surface area contributed by atoms with Crippen molar-refractivity contribution >= 4 is 91.0 Å². The molecule has 9 rings (SSSR count). The number of oxazole rings is 1. The summed E-state index contributed by atoms with van der Waals surface area (Å²) in [7, 11) is -2.75. The van der Waals surface area contributed by atoms with Crippen molar-refractivity contribution in [1.82, 2.24) is 34.6 Å². The van der Waals surface area contributed by atoms with Crippen LogP contribution in [-0.2, 0) is 33.4 Å². The van der Waals surface area contributed by atoms with Crippen molar-refractivity contribution in [2.24, 2.45) is 0 Å². The third-order valence-electron chi connectivity index (χ3n) is 14.0. The molecule has 3 N–H and O–H groups in total. The fraction of sp³-hybridized carbons (Fsp3) is 0.451. The minimum absolute atomic E-state index is 0.187. The number of amides is 2. The number of aryl methyl sites for hydroxylation is 3. The molecule has 3 aromatic heterocycles. The van der Waals surface area contributed by atoms with Crippen LogP contribution in [0.2, 0.25) is 0 Å². The number of fused-ring (bicyclic) bond motifs is 2. The quantitative estimate of drug-likeness (QED) is 0.0664. The molecule has 3 aromatic carbocycles. The Bertz CT molecular complexity index is 3030. The van der Waals surface area contributed by atoms with Crippen LogP contribution in [0.4, 0.5) is 28.8 Å². The van der Waals surface area contributed by atoms with Gasteiger partial charge in [-0.2, -0.15) is 4.98 Å². The average molecular weight is 1020 g/mol. The lowest BCUT2D eigenvalue weighted by molar-refractivity contribution is -0.135. The lowest BCUT2D eigenvalue weighted by atomic mass is 9.99. The summed E-state index contributed by atoms with van der Waals surface area (Å²) < 4.78 is 27.9. The molecule has 6 heterocycles. The lowest BCUT2D eigenvalue weighted by Crippen LogP contribution is -2.53. The van der Waals surface area contributed by atoms with Gasteiger partial charge in [-0.15, -0.1) is 0 Å². The van der Waals surface area contributed by atoms with Gasteiger partial charge in [0.2, 0.25) is 17.8 Å². The van der Waals surface area contributed by atoms with Gasteiger partial charge in [-0.05, 0) is 123 Å². The molecule has 18 heteroatoms. The summed E-state index contributed by atoms with van der Waals surface area (Å²) in [6.07, 6.45) is 6.70. The van der Waals surface area contributed by atoms with Crippen LogP contribution in [-0.4, -0.2) is 113 Å². The monoisotopic (exact) mass is 1020 g/mol. The standard InChI is InChI=1S/C51H62BrN10O6P/c1-7-32-28-40(56-50-53-30-37(52)48(58-50)55-39-14-13-38-36(47(39)69(5,6)66)12-11-33(8-2)54-38)44(67-9-3)29-43(32)61-22-18-34(19-23-61)60-26-24-59(25-27-60)21-20-35-31(4)10-15-41-46(35)68-51(65)62(41)42-16-17-45(63)57-49(42)64/h10-15,28-30,34,42H,7-9,16-27H2,1-6H3,(H,57,63,64)(H2,53,55,56,58). The molecular weight excluding hydrogens is 960 g/mol. The second kappa shape index (κ2) is 20.4. The van der Waals surface area contributed by atoms with Gasteiger partial charge < -0.3 is 34.2 Å². The number of piperidine rings is 2. The van der Waals surface area contributed by atoms with Gasteiger partial charge in [-0.3, -0.25) is 29.4 Å². The van der Waals surface area contributed by atoms with Crippen LogP contribution in [0.15, 0.2) is 68.4 Å². The highest BCUT2D eigenvalue weighted by atomic mass is 79.9. The highest BCUT2D eigenvalue weighted by Gasteiger charge is 2.33. The zero-order chi connectivity index (χ0) is 48.6. The Labute approximate surface area is 411 Å². The number of benzene rings is 3. The van der Waals surface area contributed by atoms with E-state index in [0.717, 1.165) is 122 Å². The van der Waals surface area contributed by atoms with Gasteiger partial charge >= 0.3 is 5.76 Å². The van der Waals surface area contributed by atoms with Crippen molar-refractivity contribution in [3.8, 4) is 5.75 Å². The van der Waals surface area contributed by atoms with Crippen LogP contribution in [0.3, 0.4) is 0 Å². The first-order valence-electron chi connectivity index (χ1n) is 24.3. The molecule has 3 aliphatic rings. The number of hydrogen-bond donors (Lipinski definition) is 3.